The predicted octanol–water partition coefficient (Wildman–Crippen LogP) is 3.84. The molecule has 0 bridgehead atoms. The average Bonchev–Trinajstić information content (AvgIpc) is 2.37. The van der Waals surface area contributed by atoms with Crippen LogP contribution >= 0.6 is 0 Å². The van der Waals surface area contributed by atoms with Crippen LogP contribution in [0.1, 0.15) is 13.8 Å². The van der Waals surface area contributed by atoms with E-state index in [0.29, 0.717) is 17.9 Å². The minimum atomic E-state index is -4.44. The number of benzene rings is 1. The van der Waals surface area contributed by atoms with Crippen LogP contribution in [0.15, 0.2) is 28.2 Å². The summed E-state index contributed by atoms with van der Waals surface area (Å²) >= 11 is 0. The SMILES string of the molecule is C=NCNc1ccc(NCC)cc1N=C(C)C(F)(F)F. The first-order chi connectivity index (χ1) is 9.38. The third-order valence-corrected chi connectivity index (χ3v) is 2.46. The average molecular weight is 286 g/mol. The van der Waals surface area contributed by atoms with E-state index in [1.807, 2.05) is 6.92 Å². The number of anilines is 2. The third-order valence-electron chi connectivity index (χ3n) is 2.46. The van der Waals surface area contributed by atoms with E-state index < -0.39 is 11.9 Å². The molecular formula is C13H17F3N4. The summed E-state index contributed by atoms with van der Waals surface area (Å²) in [5.74, 6) is 0. The fraction of sp³-hybridized carbons (Fsp3) is 0.385. The van der Waals surface area contributed by atoms with Crippen molar-refractivity contribution in [3.8, 4) is 0 Å². The minimum Gasteiger partial charge on any atom is -0.385 e. The van der Waals surface area contributed by atoms with E-state index in [-0.39, 0.29) is 12.4 Å². The van der Waals surface area contributed by atoms with E-state index in [2.05, 4.69) is 27.3 Å². The number of nitrogens with zero attached hydrogens (tertiary/aromatic N) is 2. The second-order valence-corrected chi connectivity index (χ2v) is 4.02. The Morgan fingerprint density at radius 3 is 2.55 bits per heavy atom. The molecule has 1 rings (SSSR count). The van der Waals surface area contributed by atoms with Gasteiger partial charge in [-0.1, -0.05) is 0 Å². The van der Waals surface area contributed by atoms with Crippen LogP contribution in [0.4, 0.5) is 30.2 Å². The molecule has 0 unspecified atom stereocenters. The van der Waals surface area contributed by atoms with E-state index in [9.17, 15) is 13.2 Å². The van der Waals surface area contributed by atoms with E-state index in [1.165, 1.54) is 0 Å². The van der Waals surface area contributed by atoms with Gasteiger partial charge in [-0.05, 0) is 38.8 Å². The Morgan fingerprint density at radius 1 is 1.30 bits per heavy atom. The Balaban J connectivity index is 3.16. The Bertz CT molecular complexity index is 495. The summed E-state index contributed by atoms with van der Waals surface area (Å²) in [7, 11) is 0. The molecule has 1 aromatic carbocycles. The van der Waals surface area contributed by atoms with E-state index in [0.717, 1.165) is 6.92 Å². The van der Waals surface area contributed by atoms with Crippen molar-refractivity contribution in [1.29, 1.82) is 0 Å². The molecule has 0 saturated heterocycles. The number of hydrogen-bond acceptors (Lipinski definition) is 4. The summed E-state index contributed by atoms with van der Waals surface area (Å²) < 4.78 is 37.7. The van der Waals surface area contributed by atoms with E-state index >= 15 is 0 Å². The summed E-state index contributed by atoms with van der Waals surface area (Å²) in [6, 6.07) is 4.98. The predicted molar refractivity (Wildman–Crippen MR) is 77.5 cm³/mol. The van der Waals surface area contributed by atoms with Gasteiger partial charge < -0.3 is 10.6 Å². The topological polar surface area (TPSA) is 48.8 Å². The summed E-state index contributed by atoms with van der Waals surface area (Å²) in [4.78, 5) is 7.26. The van der Waals surface area contributed by atoms with Gasteiger partial charge in [0.1, 0.15) is 12.4 Å². The highest BCUT2D eigenvalue weighted by Gasteiger charge is 2.32. The largest absolute Gasteiger partial charge is 0.429 e. The van der Waals surface area contributed by atoms with Crippen molar-refractivity contribution in [3.05, 3.63) is 18.2 Å². The van der Waals surface area contributed by atoms with Crippen LogP contribution in [0, 0.1) is 0 Å². The first-order valence-corrected chi connectivity index (χ1v) is 6.05. The van der Waals surface area contributed by atoms with Crippen molar-refractivity contribution in [2.45, 2.75) is 20.0 Å². The maximum atomic E-state index is 12.6. The lowest BCUT2D eigenvalue weighted by Gasteiger charge is -2.12. The first-order valence-electron chi connectivity index (χ1n) is 6.05. The molecule has 0 radical (unpaired) electrons. The molecule has 0 amide bonds. The summed E-state index contributed by atoms with van der Waals surface area (Å²) in [6.45, 7) is 7.02. The zero-order chi connectivity index (χ0) is 15.2. The quantitative estimate of drug-likeness (QED) is 0.780. The lowest BCUT2D eigenvalue weighted by molar-refractivity contribution is -0.0591. The summed E-state index contributed by atoms with van der Waals surface area (Å²) in [5, 5.41) is 5.89. The minimum absolute atomic E-state index is 0.203. The first kappa shape index (κ1) is 16.0. The molecular weight excluding hydrogens is 269 g/mol. The van der Waals surface area contributed by atoms with Crippen LogP contribution in [0.25, 0.3) is 0 Å². The molecule has 0 spiro atoms. The van der Waals surface area contributed by atoms with E-state index in [4.69, 9.17) is 0 Å². The van der Waals surface area contributed by atoms with Crippen molar-refractivity contribution in [2.75, 3.05) is 23.8 Å². The maximum Gasteiger partial charge on any atom is 0.429 e. The van der Waals surface area contributed by atoms with Crippen LogP contribution in [0.3, 0.4) is 0 Å². The van der Waals surface area contributed by atoms with Crippen molar-refractivity contribution in [1.82, 2.24) is 0 Å². The molecule has 7 heteroatoms. The maximum absolute atomic E-state index is 12.6. The number of alkyl halides is 3. The van der Waals surface area contributed by atoms with Crippen LogP contribution in [-0.2, 0) is 0 Å². The van der Waals surface area contributed by atoms with Gasteiger partial charge >= 0.3 is 6.18 Å². The van der Waals surface area contributed by atoms with Crippen LogP contribution in [0.2, 0.25) is 0 Å². The highest BCUT2D eigenvalue weighted by atomic mass is 19.4. The Morgan fingerprint density at radius 2 is 2.00 bits per heavy atom. The normalized spacial score (nSPS) is 12.2. The van der Waals surface area contributed by atoms with Crippen LogP contribution in [0.5, 0.6) is 0 Å². The number of rotatable bonds is 6. The number of halogens is 3. The molecule has 0 aliphatic carbocycles. The fourth-order valence-electron chi connectivity index (χ4n) is 1.47. The summed E-state index contributed by atoms with van der Waals surface area (Å²) in [5.41, 5.74) is 0.490. The van der Waals surface area contributed by atoms with Crippen LogP contribution in [-0.4, -0.2) is 31.8 Å². The van der Waals surface area contributed by atoms with Gasteiger partial charge in [0.25, 0.3) is 0 Å². The molecule has 0 saturated carbocycles. The second-order valence-electron chi connectivity index (χ2n) is 4.02. The van der Waals surface area contributed by atoms with Gasteiger partial charge in [0.15, 0.2) is 0 Å². The monoisotopic (exact) mass is 286 g/mol. The van der Waals surface area contributed by atoms with Gasteiger partial charge in [-0.25, -0.2) is 4.99 Å². The standard InChI is InChI=1S/C13H17F3N4/c1-4-18-10-5-6-11(19-8-17-3)12(7-10)20-9(2)13(14,15)16/h5-7,18-19H,3-4,8H2,1-2H3. The highest BCUT2D eigenvalue weighted by Crippen LogP contribution is 2.30. The smallest absolute Gasteiger partial charge is 0.385 e. The van der Waals surface area contributed by atoms with Gasteiger partial charge in [0.2, 0.25) is 0 Å². The molecule has 110 valence electrons. The Kier molecular flexibility index (Phi) is 5.54. The summed E-state index contributed by atoms with van der Waals surface area (Å²) in [6.07, 6.45) is -4.44. The molecule has 0 aliphatic heterocycles. The fourth-order valence-corrected chi connectivity index (χ4v) is 1.47. The second kappa shape index (κ2) is 6.93. The molecule has 0 aliphatic rings. The molecule has 0 atom stereocenters. The number of nitrogens with one attached hydrogen (secondary N) is 2. The zero-order valence-electron chi connectivity index (χ0n) is 11.4. The lowest BCUT2D eigenvalue weighted by Crippen LogP contribution is -2.19. The number of aliphatic imine (C=N–C) groups is 2. The van der Waals surface area contributed by atoms with Crippen LogP contribution < -0.4 is 10.6 Å². The third kappa shape index (κ3) is 4.56. The van der Waals surface area contributed by atoms with Gasteiger partial charge in [-0.3, -0.25) is 4.99 Å². The molecule has 0 heterocycles. The van der Waals surface area contributed by atoms with Gasteiger partial charge in [-0.2, -0.15) is 13.2 Å². The Labute approximate surface area is 115 Å². The highest BCUT2D eigenvalue weighted by molar-refractivity contribution is 5.91. The van der Waals surface area contributed by atoms with Gasteiger partial charge in [-0.15, -0.1) is 0 Å². The molecule has 20 heavy (non-hydrogen) atoms. The van der Waals surface area contributed by atoms with Crippen molar-refractivity contribution >= 4 is 29.5 Å². The van der Waals surface area contributed by atoms with Crippen molar-refractivity contribution < 1.29 is 13.2 Å². The molecule has 0 aromatic heterocycles. The molecule has 2 N–H and O–H groups in total. The lowest BCUT2D eigenvalue weighted by atomic mass is 10.2. The zero-order valence-corrected chi connectivity index (χ0v) is 11.4. The van der Waals surface area contributed by atoms with Gasteiger partial charge in [0, 0.05) is 12.2 Å². The molecule has 4 nitrogen and oxygen atoms in total. The van der Waals surface area contributed by atoms with Gasteiger partial charge in [0.05, 0.1) is 11.4 Å². The molecule has 1 aromatic rings. The Hall–Kier alpha value is -2.05. The van der Waals surface area contributed by atoms with Crippen molar-refractivity contribution in [3.63, 3.8) is 0 Å². The van der Waals surface area contributed by atoms with Crippen molar-refractivity contribution in [2.24, 2.45) is 9.98 Å². The number of hydrogen-bond donors (Lipinski definition) is 2. The molecule has 0 fully saturated rings. The van der Waals surface area contributed by atoms with E-state index in [1.54, 1.807) is 18.2 Å².